The van der Waals surface area contributed by atoms with Crippen LogP contribution in [0.25, 0.3) is 21.7 Å². The predicted molar refractivity (Wildman–Crippen MR) is 74.7 cm³/mol. The van der Waals surface area contributed by atoms with Crippen molar-refractivity contribution >= 4 is 54.2 Å². The molecule has 2 aromatic heterocycles. The van der Waals surface area contributed by atoms with Crippen LogP contribution in [-0.2, 0) is 0 Å². The minimum absolute atomic E-state index is 0.407. The molecule has 0 bridgehead atoms. The summed E-state index contributed by atoms with van der Waals surface area (Å²) in [6.07, 6.45) is 0. The number of imidazole rings is 1. The number of H-pyrrole nitrogens is 1. The van der Waals surface area contributed by atoms with Crippen LogP contribution in [0.4, 0.5) is 8.78 Å². The highest BCUT2D eigenvalue weighted by Crippen LogP contribution is 2.37. The van der Waals surface area contributed by atoms with E-state index < -0.39 is 11.6 Å². The maximum Gasteiger partial charge on any atom is 0.161 e. The molecule has 0 atom stereocenters. The molecule has 0 unspecified atom stereocenters. The third-order valence-corrected chi connectivity index (χ3v) is 5.67. The summed E-state index contributed by atoms with van der Waals surface area (Å²) in [7, 11) is 0. The van der Waals surface area contributed by atoms with Gasteiger partial charge in [-0.05, 0) is 37.9 Å². The summed E-state index contributed by atoms with van der Waals surface area (Å²) in [5, 5.41) is 0. The lowest BCUT2D eigenvalue weighted by Gasteiger charge is -1.90. The van der Waals surface area contributed by atoms with Crippen LogP contribution in [0, 0.1) is 11.6 Å². The molecule has 0 fully saturated rings. The quantitative estimate of drug-likeness (QED) is 0.612. The first kappa shape index (κ1) is 12.3. The topological polar surface area (TPSA) is 28.7 Å². The fourth-order valence-electron chi connectivity index (χ4n) is 1.58. The Bertz CT molecular complexity index is 692. The van der Waals surface area contributed by atoms with Crippen molar-refractivity contribution in [3.8, 4) is 10.7 Å². The Balaban J connectivity index is 2.19. The maximum absolute atomic E-state index is 13.1. The number of halogens is 4. The summed E-state index contributed by atoms with van der Waals surface area (Å²) in [6, 6.07) is 4.08. The molecule has 1 aromatic carbocycles. The molecule has 0 amide bonds. The molecule has 7 heteroatoms. The van der Waals surface area contributed by atoms with Crippen molar-refractivity contribution in [3.05, 3.63) is 38.1 Å². The van der Waals surface area contributed by atoms with E-state index in [1.54, 1.807) is 0 Å². The second-order valence-electron chi connectivity index (χ2n) is 3.60. The molecule has 3 aromatic rings. The Morgan fingerprint density at radius 1 is 1.11 bits per heavy atom. The van der Waals surface area contributed by atoms with Crippen LogP contribution in [0.2, 0.25) is 0 Å². The third kappa shape index (κ3) is 2.00. The number of nitrogens with one attached hydrogen (secondary N) is 1. The Kier molecular flexibility index (Phi) is 2.99. The number of rotatable bonds is 1. The van der Waals surface area contributed by atoms with Crippen molar-refractivity contribution in [2.75, 3.05) is 0 Å². The lowest BCUT2D eigenvalue weighted by molar-refractivity contribution is 0.510. The Labute approximate surface area is 121 Å². The van der Waals surface area contributed by atoms with Gasteiger partial charge in [-0.25, -0.2) is 13.8 Å². The first-order valence-corrected chi connectivity index (χ1v) is 7.25. The van der Waals surface area contributed by atoms with E-state index in [1.165, 1.54) is 11.3 Å². The summed E-state index contributed by atoms with van der Waals surface area (Å²) in [5.74, 6) is -1.19. The highest BCUT2D eigenvalue weighted by Gasteiger charge is 2.12. The average Bonchev–Trinajstić information content (AvgIpc) is 2.84. The molecule has 0 saturated heterocycles. The standard InChI is InChI=1S/C11H4Br2F2N2S/c12-4-1-9(18-10(4)13)11-16-7-2-5(14)6(15)3-8(7)17-11/h1-3H,(H,16,17). The molecular weight excluding hydrogens is 390 g/mol. The second-order valence-corrected chi connectivity index (χ2v) is 6.83. The van der Waals surface area contributed by atoms with Crippen molar-refractivity contribution < 1.29 is 8.78 Å². The maximum atomic E-state index is 13.1. The lowest BCUT2D eigenvalue weighted by atomic mass is 10.3. The van der Waals surface area contributed by atoms with Gasteiger partial charge in [-0.2, -0.15) is 0 Å². The van der Waals surface area contributed by atoms with E-state index in [9.17, 15) is 8.78 Å². The van der Waals surface area contributed by atoms with Crippen LogP contribution in [0.5, 0.6) is 0 Å². The predicted octanol–water partition coefficient (Wildman–Crippen LogP) is 5.09. The number of hydrogen-bond donors (Lipinski definition) is 1. The summed E-state index contributed by atoms with van der Waals surface area (Å²) in [4.78, 5) is 8.10. The second kappa shape index (κ2) is 4.40. The number of nitrogens with zero attached hydrogens (tertiary/aromatic N) is 1. The SMILES string of the molecule is Fc1cc2nc(-c3cc(Br)c(Br)s3)[nH]c2cc1F. The zero-order valence-electron chi connectivity index (χ0n) is 8.60. The van der Waals surface area contributed by atoms with Gasteiger partial charge in [-0.1, -0.05) is 0 Å². The van der Waals surface area contributed by atoms with Gasteiger partial charge >= 0.3 is 0 Å². The van der Waals surface area contributed by atoms with Crippen molar-refractivity contribution in [3.63, 3.8) is 0 Å². The highest BCUT2D eigenvalue weighted by atomic mass is 79.9. The molecule has 18 heavy (non-hydrogen) atoms. The minimum Gasteiger partial charge on any atom is -0.337 e. The molecule has 0 aliphatic rings. The number of aromatic amines is 1. The van der Waals surface area contributed by atoms with Crippen LogP contribution in [0.3, 0.4) is 0 Å². The normalized spacial score (nSPS) is 11.3. The van der Waals surface area contributed by atoms with Crippen LogP contribution in [0.15, 0.2) is 26.5 Å². The van der Waals surface area contributed by atoms with Crippen molar-refractivity contribution in [1.82, 2.24) is 9.97 Å². The molecule has 0 radical (unpaired) electrons. The fourth-order valence-corrected chi connectivity index (χ4v) is 3.57. The molecule has 92 valence electrons. The van der Waals surface area contributed by atoms with Crippen LogP contribution in [0.1, 0.15) is 0 Å². The highest BCUT2D eigenvalue weighted by molar-refractivity contribution is 9.13. The number of benzene rings is 1. The Morgan fingerprint density at radius 2 is 1.83 bits per heavy atom. The first-order valence-electron chi connectivity index (χ1n) is 4.84. The largest absolute Gasteiger partial charge is 0.337 e. The van der Waals surface area contributed by atoms with Crippen molar-refractivity contribution in [2.45, 2.75) is 0 Å². The molecule has 0 saturated carbocycles. The van der Waals surface area contributed by atoms with Gasteiger partial charge < -0.3 is 4.98 Å². The Hall–Kier alpha value is -0.790. The van der Waals surface area contributed by atoms with E-state index in [2.05, 4.69) is 41.8 Å². The number of fused-ring (bicyclic) bond motifs is 1. The van der Waals surface area contributed by atoms with E-state index in [4.69, 9.17) is 0 Å². The van der Waals surface area contributed by atoms with E-state index in [0.717, 1.165) is 25.3 Å². The molecule has 3 rings (SSSR count). The van der Waals surface area contributed by atoms with E-state index in [1.807, 2.05) is 6.07 Å². The number of aromatic nitrogens is 2. The van der Waals surface area contributed by atoms with E-state index in [0.29, 0.717) is 16.9 Å². The van der Waals surface area contributed by atoms with Crippen molar-refractivity contribution in [1.29, 1.82) is 0 Å². The summed E-state index contributed by atoms with van der Waals surface area (Å²) in [5.41, 5.74) is 0.883. The Morgan fingerprint density at radius 3 is 2.50 bits per heavy atom. The summed E-state index contributed by atoms with van der Waals surface area (Å²) >= 11 is 8.25. The summed E-state index contributed by atoms with van der Waals surface area (Å²) < 4.78 is 28.0. The smallest absolute Gasteiger partial charge is 0.161 e. The number of hydrogen-bond acceptors (Lipinski definition) is 2. The molecule has 2 heterocycles. The van der Waals surface area contributed by atoms with Crippen LogP contribution < -0.4 is 0 Å². The number of thiophene rings is 1. The van der Waals surface area contributed by atoms with Gasteiger partial charge in [0, 0.05) is 16.6 Å². The molecule has 2 nitrogen and oxygen atoms in total. The van der Waals surface area contributed by atoms with E-state index >= 15 is 0 Å². The third-order valence-electron chi connectivity index (χ3n) is 2.40. The molecule has 0 spiro atoms. The van der Waals surface area contributed by atoms with Gasteiger partial charge in [0.15, 0.2) is 11.6 Å². The van der Waals surface area contributed by atoms with Gasteiger partial charge in [-0.15, -0.1) is 11.3 Å². The monoisotopic (exact) mass is 392 g/mol. The van der Waals surface area contributed by atoms with Crippen molar-refractivity contribution in [2.24, 2.45) is 0 Å². The van der Waals surface area contributed by atoms with Crippen LogP contribution >= 0.6 is 43.2 Å². The van der Waals surface area contributed by atoms with Gasteiger partial charge in [0.25, 0.3) is 0 Å². The minimum atomic E-state index is -0.894. The van der Waals surface area contributed by atoms with Gasteiger partial charge in [0.05, 0.1) is 19.7 Å². The van der Waals surface area contributed by atoms with Crippen LogP contribution in [-0.4, -0.2) is 9.97 Å². The summed E-state index contributed by atoms with van der Waals surface area (Å²) in [6.45, 7) is 0. The van der Waals surface area contributed by atoms with Gasteiger partial charge in [-0.3, -0.25) is 0 Å². The molecule has 0 aliphatic heterocycles. The first-order chi connectivity index (χ1) is 8.54. The zero-order chi connectivity index (χ0) is 12.9. The average molecular weight is 394 g/mol. The van der Waals surface area contributed by atoms with Gasteiger partial charge in [0.2, 0.25) is 0 Å². The molecule has 0 aliphatic carbocycles. The fraction of sp³-hybridized carbons (Fsp3) is 0. The molecular formula is C11H4Br2F2N2S. The van der Waals surface area contributed by atoms with Gasteiger partial charge in [0.1, 0.15) is 5.82 Å². The zero-order valence-corrected chi connectivity index (χ0v) is 12.6. The molecule has 1 N–H and O–H groups in total. The van der Waals surface area contributed by atoms with E-state index in [-0.39, 0.29) is 0 Å². The lowest BCUT2D eigenvalue weighted by Crippen LogP contribution is -1.82.